The Kier molecular flexibility index (Phi) is 4.07. The van der Waals surface area contributed by atoms with Crippen LogP contribution in [-0.2, 0) is 11.3 Å². The molecule has 2 atom stereocenters. The Hall–Kier alpha value is -1.83. The molecule has 1 aromatic carbocycles. The van der Waals surface area contributed by atoms with Crippen LogP contribution in [0.1, 0.15) is 16.1 Å². The number of aromatic nitrogens is 2. The molecule has 0 N–H and O–H groups in total. The van der Waals surface area contributed by atoms with Crippen LogP contribution in [0.2, 0.25) is 0 Å². The number of hydrogen-bond acceptors (Lipinski definition) is 6. The highest BCUT2D eigenvalue weighted by Crippen LogP contribution is 2.25. The standard InChI is InChI=1S/C16H18N4O2S/c21-16(13-11-23-18-17-13)20-9-14-15(10-20)22-7-6-19(14)8-12-4-2-1-3-5-12/h1-5,11,14-15H,6-10H2/t14-,15-/m1/s1. The lowest BCUT2D eigenvalue weighted by Gasteiger charge is -2.36. The average Bonchev–Trinajstić information content (AvgIpc) is 3.25. The van der Waals surface area contributed by atoms with Gasteiger partial charge in [0.2, 0.25) is 0 Å². The van der Waals surface area contributed by atoms with Crippen LogP contribution in [0.15, 0.2) is 35.7 Å². The molecule has 23 heavy (non-hydrogen) atoms. The second kappa shape index (κ2) is 6.35. The summed E-state index contributed by atoms with van der Waals surface area (Å²) in [6.45, 7) is 3.83. The van der Waals surface area contributed by atoms with E-state index in [-0.39, 0.29) is 18.1 Å². The third kappa shape index (κ3) is 2.99. The van der Waals surface area contributed by atoms with Crippen LogP contribution in [0.4, 0.5) is 0 Å². The Labute approximate surface area is 138 Å². The van der Waals surface area contributed by atoms with Crippen molar-refractivity contribution in [1.82, 2.24) is 19.4 Å². The smallest absolute Gasteiger partial charge is 0.275 e. The Bertz CT molecular complexity index is 664. The van der Waals surface area contributed by atoms with Crippen LogP contribution in [0.3, 0.4) is 0 Å². The van der Waals surface area contributed by atoms with Crippen molar-refractivity contribution in [2.75, 3.05) is 26.2 Å². The molecule has 3 heterocycles. The van der Waals surface area contributed by atoms with Gasteiger partial charge >= 0.3 is 0 Å². The monoisotopic (exact) mass is 330 g/mol. The maximum Gasteiger partial charge on any atom is 0.275 e. The quantitative estimate of drug-likeness (QED) is 0.848. The SMILES string of the molecule is O=C(c1csnn1)N1C[C@@H]2[C@@H](C1)OCCN2Cc1ccccc1. The lowest BCUT2D eigenvalue weighted by Crippen LogP contribution is -2.50. The van der Waals surface area contributed by atoms with Crippen LogP contribution in [0, 0.1) is 0 Å². The third-order valence-corrected chi connectivity index (χ3v) is 5.02. The number of rotatable bonds is 3. The minimum Gasteiger partial charge on any atom is -0.373 e. The first-order valence-electron chi connectivity index (χ1n) is 7.77. The van der Waals surface area contributed by atoms with Gasteiger partial charge in [0.1, 0.15) is 0 Å². The summed E-state index contributed by atoms with van der Waals surface area (Å²) in [5, 5.41) is 5.59. The number of carbonyl (C=O) groups is 1. The molecule has 4 rings (SSSR count). The second-order valence-electron chi connectivity index (χ2n) is 5.93. The molecule has 1 aromatic heterocycles. The van der Waals surface area contributed by atoms with Crippen LogP contribution < -0.4 is 0 Å². The second-order valence-corrected chi connectivity index (χ2v) is 6.54. The van der Waals surface area contributed by atoms with Crippen molar-refractivity contribution >= 4 is 17.4 Å². The number of benzene rings is 1. The molecule has 0 spiro atoms. The summed E-state index contributed by atoms with van der Waals surface area (Å²) in [6.07, 6.45) is 0.0861. The number of morpholine rings is 1. The predicted octanol–water partition coefficient (Wildman–Crippen LogP) is 1.26. The summed E-state index contributed by atoms with van der Waals surface area (Å²) in [7, 11) is 0. The highest BCUT2D eigenvalue weighted by atomic mass is 32.1. The molecule has 2 saturated heterocycles. The van der Waals surface area contributed by atoms with Gasteiger partial charge in [0, 0.05) is 31.6 Å². The van der Waals surface area contributed by atoms with Gasteiger partial charge in [0.25, 0.3) is 5.91 Å². The number of likely N-dealkylation sites (tertiary alicyclic amines) is 1. The fourth-order valence-electron chi connectivity index (χ4n) is 3.36. The number of hydrogen-bond donors (Lipinski definition) is 0. The molecule has 2 aliphatic rings. The molecular formula is C16H18N4O2S. The molecule has 0 radical (unpaired) electrons. The molecule has 0 unspecified atom stereocenters. The number of fused-ring (bicyclic) bond motifs is 1. The van der Waals surface area contributed by atoms with Crippen LogP contribution in [-0.4, -0.2) is 63.7 Å². The van der Waals surface area contributed by atoms with Gasteiger partial charge in [-0.1, -0.05) is 34.8 Å². The zero-order chi connectivity index (χ0) is 15.6. The highest BCUT2D eigenvalue weighted by Gasteiger charge is 2.42. The predicted molar refractivity (Wildman–Crippen MR) is 86.2 cm³/mol. The summed E-state index contributed by atoms with van der Waals surface area (Å²) in [6, 6.07) is 10.7. The van der Waals surface area contributed by atoms with Crippen molar-refractivity contribution in [2.24, 2.45) is 0 Å². The van der Waals surface area contributed by atoms with Crippen molar-refractivity contribution < 1.29 is 9.53 Å². The van der Waals surface area contributed by atoms with E-state index in [1.54, 1.807) is 5.38 Å². The van der Waals surface area contributed by atoms with Crippen LogP contribution in [0.25, 0.3) is 0 Å². The summed E-state index contributed by atoms with van der Waals surface area (Å²) in [4.78, 5) is 16.7. The maximum absolute atomic E-state index is 12.5. The van der Waals surface area contributed by atoms with Crippen LogP contribution in [0.5, 0.6) is 0 Å². The minimum absolute atomic E-state index is 0.0450. The van der Waals surface area contributed by atoms with Gasteiger partial charge in [0.05, 0.1) is 18.8 Å². The fraction of sp³-hybridized carbons (Fsp3) is 0.438. The molecular weight excluding hydrogens is 312 g/mol. The molecule has 2 aliphatic heterocycles. The summed E-state index contributed by atoms with van der Waals surface area (Å²) >= 11 is 1.20. The summed E-state index contributed by atoms with van der Waals surface area (Å²) in [5.74, 6) is -0.0450. The van der Waals surface area contributed by atoms with Crippen molar-refractivity contribution in [3.8, 4) is 0 Å². The number of carbonyl (C=O) groups excluding carboxylic acids is 1. The molecule has 6 nitrogen and oxygen atoms in total. The topological polar surface area (TPSA) is 58.6 Å². The highest BCUT2D eigenvalue weighted by molar-refractivity contribution is 7.03. The zero-order valence-corrected chi connectivity index (χ0v) is 13.5. The zero-order valence-electron chi connectivity index (χ0n) is 12.7. The van der Waals surface area contributed by atoms with Gasteiger partial charge in [-0.15, -0.1) is 5.10 Å². The first kappa shape index (κ1) is 14.7. The van der Waals surface area contributed by atoms with E-state index in [0.29, 0.717) is 25.4 Å². The Morgan fingerprint density at radius 1 is 1.30 bits per heavy atom. The van der Waals surface area contributed by atoms with Gasteiger partial charge in [-0.2, -0.15) is 0 Å². The van der Waals surface area contributed by atoms with Gasteiger partial charge in [-0.3, -0.25) is 9.69 Å². The molecule has 2 fully saturated rings. The normalized spacial score (nSPS) is 24.6. The maximum atomic E-state index is 12.5. The van der Waals surface area contributed by atoms with E-state index in [9.17, 15) is 4.79 Å². The van der Waals surface area contributed by atoms with Gasteiger partial charge in [-0.05, 0) is 17.1 Å². The largest absolute Gasteiger partial charge is 0.373 e. The molecule has 7 heteroatoms. The number of amides is 1. The summed E-state index contributed by atoms with van der Waals surface area (Å²) < 4.78 is 9.68. The number of nitrogens with zero attached hydrogens (tertiary/aromatic N) is 4. The third-order valence-electron chi connectivity index (χ3n) is 4.51. The fourth-order valence-corrected chi connectivity index (χ4v) is 3.79. The molecule has 1 amide bonds. The van der Waals surface area contributed by atoms with E-state index in [2.05, 4.69) is 38.8 Å². The Morgan fingerprint density at radius 3 is 2.96 bits per heavy atom. The molecule has 0 aliphatic carbocycles. The first-order valence-corrected chi connectivity index (χ1v) is 8.61. The van der Waals surface area contributed by atoms with Crippen LogP contribution >= 0.6 is 11.5 Å². The Morgan fingerprint density at radius 2 is 2.17 bits per heavy atom. The Balaban J connectivity index is 1.47. The lowest BCUT2D eigenvalue weighted by molar-refractivity contribution is -0.0503. The van der Waals surface area contributed by atoms with Gasteiger partial charge < -0.3 is 9.64 Å². The van der Waals surface area contributed by atoms with E-state index >= 15 is 0 Å². The average molecular weight is 330 g/mol. The van der Waals surface area contributed by atoms with Crippen molar-refractivity contribution in [3.63, 3.8) is 0 Å². The van der Waals surface area contributed by atoms with E-state index in [1.165, 1.54) is 17.1 Å². The lowest BCUT2D eigenvalue weighted by atomic mass is 10.1. The van der Waals surface area contributed by atoms with Gasteiger partial charge in [-0.25, -0.2) is 0 Å². The van der Waals surface area contributed by atoms with E-state index in [1.807, 2.05) is 11.0 Å². The molecule has 0 saturated carbocycles. The minimum atomic E-state index is -0.0450. The van der Waals surface area contributed by atoms with Gasteiger partial charge in [0.15, 0.2) is 5.69 Å². The first-order chi connectivity index (χ1) is 11.3. The van der Waals surface area contributed by atoms with Crippen molar-refractivity contribution in [3.05, 3.63) is 47.0 Å². The van der Waals surface area contributed by atoms with E-state index in [0.717, 1.165) is 13.1 Å². The molecule has 2 aromatic rings. The molecule has 0 bridgehead atoms. The summed E-state index contributed by atoms with van der Waals surface area (Å²) in [5.41, 5.74) is 1.73. The van der Waals surface area contributed by atoms with Crippen molar-refractivity contribution in [2.45, 2.75) is 18.7 Å². The van der Waals surface area contributed by atoms with E-state index < -0.39 is 0 Å². The number of ether oxygens (including phenoxy) is 1. The van der Waals surface area contributed by atoms with Crippen molar-refractivity contribution in [1.29, 1.82) is 0 Å². The van der Waals surface area contributed by atoms with E-state index in [4.69, 9.17) is 4.74 Å². The molecule has 120 valence electrons.